The summed E-state index contributed by atoms with van der Waals surface area (Å²) < 4.78 is 28.4. The summed E-state index contributed by atoms with van der Waals surface area (Å²) in [5, 5.41) is 7.42. The molecule has 1 aromatic heterocycles. The minimum atomic E-state index is -0.827. The van der Waals surface area contributed by atoms with Gasteiger partial charge in [0.2, 0.25) is 0 Å². The fraction of sp³-hybridized carbons (Fsp3) is 0.357. The van der Waals surface area contributed by atoms with Gasteiger partial charge in [-0.2, -0.15) is 5.10 Å². The van der Waals surface area contributed by atoms with Gasteiger partial charge in [-0.25, -0.2) is 8.78 Å². The van der Waals surface area contributed by atoms with Gasteiger partial charge in [0.25, 0.3) is 0 Å². The molecule has 3 nitrogen and oxygen atoms in total. The highest BCUT2D eigenvalue weighted by Gasteiger charge is 2.10. The summed E-state index contributed by atoms with van der Waals surface area (Å²) in [4.78, 5) is 0. The number of nitrogens with one attached hydrogen (secondary N) is 1. The molecule has 0 aliphatic heterocycles. The standard InChI is InChI=1S/C14H17F2N3/c1-10(2)17-8-12-6-7-18-19(12)9-11-4-3-5-13(15)14(11)16/h3-7,10,17H,8-9H2,1-2H3. The first kappa shape index (κ1) is 13.7. The highest BCUT2D eigenvalue weighted by Crippen LogP contribution is 2.13. The molecular formula is C14H17F2N3. The first-order valence-electron chi connectivity index (χ1n) is 6.25. The second-order valence-electron chi connectivity index (χ2n) is 4.73. The predicted molar refractivity (Wildman–Crippen MR) is 69.7 cm³/mol. The molecule has 0 amide bonds. The Morgan fingerprint density at radius 1 is 1.26 bits per heavy atom. The van der Waals surface area contributed by atoms with Crippen molar-refractivity contribution in [2.75, 3.05) is 0 Å². The fourth-order valence-corrected chi connectivity index (χ4v) is 1.79. The first-order valence-corrected chi connectivity index (χ1v) is 6.25. The van der Waals surface area contributed by atoms with Gasteiger partial charge in [0.1, 0.15) is 0 Å². The average molecular weight is 265 g/mol. The van der Waals surface area contributed by atoms with E-state index in [1.54, 1.807) is 16.9 Å². The lowest BCUT2D eigenvalue weighted by atomic mass is 10.2. The molecule has 0 spiro atoms. The van der Waals surface area contributed by atoms with E-state index >= 15 is 0 Å². The average Bonchev–Trinajstić information content (AvgIpc) is 2.80. The quantitative estimate of drug-likeness (QED) is 0.900. The smallest absolute Gasteiger partial charge is 0.163 e. The molecule has 1 heterocycles. The van der Waals surface area contributed by atoms with Crippen molar-refractivity contribution in [3.8, 4) is 0 Å². The van der Waals surface area contributed by atoms with Crippen LogP contribution in [0, 0.1) is 11.6 Å². The Morgan fingerprint density at radius 3 is 2.79 bits per heavy atom. The zero-order chi connectivity index (χ0) is 13.8. The van der Waals surface area contributed by atoms with Gasteiger partial charge in [-0.05, 0) is 12.1 Å². The minimum Gasteiger partial charge on any atom is -0.309 e. The van der Waals surface area contributed by atoms with Crippen molar-refractivity contribution in [1.82, 2.24) is 15.1 Å². The van der Waals surface area contributed by atoms with Crippen LogP contribution in [0.25, 0.3) is 0 Å². The summed E-state index contributed by atoms with van der Waals surface area (Å²) in [6.45, 7) is 4.97. The minimum absolute atomic E-state index is 0.228. The highest BCUT2D eigenvalue weighted by atomic mass is 19.2. The summed E-state index contributed by atoms with van der Waals surface area (Å²) in [5.41, 5.74) is 1.24. The lowest BCUT2D eigenvalue weighted by Crippen LogP contribution is -2.24. The van der Waals surface area contributed by atoms with Crippen LogP contribution in [0.15, 0.2) is 30.5 Å². The van der Waals surface area contributed by atoms with Gasteiger partial charge in [0, 0.05) is 24.3 Å². The molecule has 1 N–H and O–H groups in total. The molecule has 2 aromatic rings. The summed E-state index contributed by atoms with van der Waals surface area (Å²) in [5.74, 6) is -1.63. The second kappa shape index (κ2) is 5.93. The zero-order valence-electron chi connectivity index (χ0n) is 11.0. The SMILES string of the molecule is CC(C)NCc1ccnn1Cc1cccc(F)c1F. The Bertz CT molecular complexity index is 549. The number of hydrogen-bond acceptors (Lipinski definition) is 2. The molecule has 1 aromatic carbocycles. The fourth-order valence-electron chi connectivity index (χ4n) is 1.79. The number of rotatable bonds is 5. The van der Waals surface area contributed by atoms with Crippen LogP contribution in [-0.2, 0) is 13.1 Å². The molecule has 0 atom stereocenters. The first-order chi connectivity index (χ1) is 9.08. The number of nitrogens with zero attached hydrogens (tertiary/aromatic N) is 2. The van der Waals surface area contributed by atoms with E-state index in [0.717, 1.165) is 11.8 Å². The van der Waals surface area contributed by atoms with Crippen LogP contribution in [0.3, 0.4) is 0 Å². The van der Waals surface area contributed by atoms with Crippen LogP contribution in [0.5, 0.6) is 0 Å². The van der Waals surface area contributed by atoms with Gasteiger partial charge in [0.05, 0.1) is 12.2 Å². The van der Waals surface area contributed by atoms with Crippen molar-refractivity contribution in [2.45, 2.75) is 33.0 Å². The normalized spacial score (nSPS) is 11.2. The third-order valence-electron chi connectivity index (χ3n) is 2.85. The molecule has 0 fully saturated rings. The summed E-state index contributed by atoms with van der Waals surface area (Å²) in [7, 11) is 0. The molecule has 19 heavy (non-hydrogen) atoms. The Balaban J connectivity index is 2.15. The van der Waals surface area contributed by atoms with E-state index in [9.17, 15) is 8.78 Å². The van der Waals surface area contributed by atoms with Crippen molar-refractivity contribution in [3.63, 3.8) is 0 Å². The molecule has 0 aliphatic carbocycles. The van der Waals surface area contributed by atoms with Crippen molar-refractivity contribution in [2.24, 2.45) is 0 Å². The highest BCUT2D eigenvalue weighted by molar-refractivity contribution is 5.19. The van der Waals surface area contributed by atoms with Crippen LogP contribution >= 0.6 is 0 Å². The summed E-state index contributed by atoms with van der Waals surface area (Å²) in [6.07, 6.45) is 1.66. The Hall–Kier alpha value is -1.75. The lowest BCUT2D eigenvalue weighted by molar-refractivity contribution is 0.486. The van der Waals surface area contributed by atoms with Gasteiger partial charge in [-0.3, -0.25) is 4.68 Å². The monoisotopic (exact) mass is 265 g/mol. The number of benzene rings is 1. The van der Waals surface area contributed by atoms with E-state index in [1.807, 2.05) is 19.9 Å². The Morgan fingerprint density at radius 2 is 2.05 bits per heavy atom. The van der Waals surface area contributed by atoms with E-state index in [0.29, 0.717) is 18.2 Å². The molecule has 0 saturated carbocycles. The van der Waals surface area contributed by atoms with Gasteiger partial charge in [-0.1, -0.05) is 26.0 Å². The lowest BCUT2D eigenvalue weighted by Gasteiger charge is -2.11. The van der Waals surface area contributed by atoms with E-state index in [1.165, 1.54) is 6.07 Å². The van der Waals surface area contributed by atoms with Crippen LogP contribution in [0.2, 0.25) is 0 Å². The molecule has 5 heteroatoms. The largest absolute Gasteiger partial charge is 0.309 e. The van der Waals surface area contributed by atoms with Gasteiger partial charge >= 0.3 is 0 Å². The zero-order valence-corrected chi connectivity index (χ0v) is 11.0. The van der Waals surface area contributed by atoms with E-state index in [-0.39, 0.29) is 6.54 Å². The molecule has 0 radical (unpaired) electrons. The van der Waals surface area contributed by atoms with Crippen LogP contribution < -0.4 is 5.32 Å². The van der Waals surface area contributed by atoms with Crippen molar-refractivity contribution in [3.05, 3.63) is 53.4 Å². The van der Waals surface area contributed by atoms with E-state index in [4.69, 9.17) is 0 Å². The van der Waals surface area contributed by atoms with Gasteiger partial charge in [-0.15, -0.1) is 0 Å². The van der Waals surface area contributed by atoms with Crippen molar-refractivity contribution >= 4 is 0 Å². The molecule has 0 aliphatic rings. The number of halogens is 2. The molecule has 0 bridgehead atoms. The molecular weight excluding hydrogens is 248 g/mol. The van der Waals surface area contributed by atoms with Crippen LogP contribution in [0.1, 0.15) is 25.1 Å². The third-order valence-corrected chi connectivity index (χ3v) is 2.85. The van der Waals surface area contributed by atoms with E-state index < -0.39 is 11.6 Å². The molecule has 102 valence electrons. The van der Waals surface area contributed by atoms with Crippen LogP contribution in [0.4, 0.5) is 8.78 Å². The maximum absolute atomic E-state index is 13.6. The maximum atomic E-state index is 13.6. The van der Waals surface area contributed by atoms with Gasteiger partial charge < -0.3 is 5.32 Å². The van der Waals surface area contributed by atoms with Crippen molar-refractivity contribution < 1.29 is 8.78 Å². The number of hydrogen-bond donors (Lipinski definition) is 1. The maximum Gasteiger partial charge on any atom is 0.163 e. The predicted octanol–water partition coefficient (Wildman–Crippen LogP) is 2.71. The topological polar surface area (TPSA) is 29.9 Å². The number of aromatic nitrogens is 2. The third kappa shape index (κ3) is 3.38. The van der Waals surface area contributed by atoms with Crippen molar-refractivity contribution in [1.29, 1.82) is 0 Å². The van der Waals surface area contributed by atoms with Gasteiger partial charge in [0.15, 0.2) is 11.6 Å². The Kier molecular flexibility index (Phi) is 4.27. The molecule has 0 unspecified atom stereocenters. The molecule has 0 saturated heterocycles. The summed E-state index contributed by atoms with van der Waals surface area (Å²) >= 11 is 0. The van der Waals surface area contributed by atoms with Crippen LogP contribution in [-0.4, -0.2) is 15.8 Å². The molecule has 2 rings (SSSR count). The second-order valence-corrected chi connectivity index (χ2v) is 4.73. The van der Waals surface area contributed by atoms with E-state index in [2.05, 4.69) is 10.4 Å². The Labute approximate surface area is 111 Å². The summed E-state index contributed by atoms with van der Waals surface area (Å²) in [6, 6.07) is 6.41.